The number of amides is 1. The Balaban J connectivity index is 1.77. The largest absolute Gasteiger partial charge is 0.481 e. The lowest BCUT2D eigenvalue weighted by atomic mass is 10.2. The van der Waals surface area contributed by atoms with Crippen molar-refractivity contribution in [2.75, 3.05) is 25.1 Å². The summed E-state index contributed by atoms with van der Waals surface area (Å²) in [6.07, 6.45) is 0. The van der Waals surface area contributed by atoms with Crippen LogP contribution in [0.2, 0.25) is 0 Å². The molecule has 1 aromatic heterocycles. The van der Waals surface area contributed by atoms with E-state index in [4.69, 9.17) is 14.2 Å². The van der Waals surface area contributed by atoms with E-state index in [0.717, 1.165) is 10.7 Å². The van der Waals surface area contributed by atoms with Gasteiger partial charge >= 0.3 is 11.9 Å². The average molecular weight is 544 g/mol. The van der Waals surface area contributed by atoms with Crippen molar-refractivity contribution in [2.24, 2.45) is 0 Å². The zero-order valence-corrected chi connectivity index (χ0v) is 20.5. The summed E-state index contributed by atoms with van der Waals surface area (Å²) in [6, 6.07) is 14.0. The van der Waals surface area contributed by atoms with E-state index in [2.05, 4.69) is 26.3 Å². The fraction of sp³-hybridized carbons (Fsp3) is 0.208. The molecule has 0 saturated carbocycles. The minimum atomic E-state index is -0.804. The van der Waals surface area contributed by atoms with Gasteiger partial charge in [-0.05, 0) is 56.3 Å². The third-order valence-corrected chi connectivity index (χ3v) is 4.95. The van der Waals surface area contributed by atoms with Gasteiger partial charge in [0.15, 0.2) is 12.4 Å². The van der Waals surface area contributed by atoms with Crippen LogP contribution < -0.4 is 15.6 Å². The van der Waals surface area contributed by atoms with Crippen molar-refractivity contribution in [3.8, 4) is 11.4 Å². The number of carbonyl (C=O) groups is 3. The molecule has 1 heterocycles. The van der Waals surface area contributed by atoms with E-state index in [1.54, 1.807) is 38.1 Å². The maximum atomic E-state index is 12.7. The quantitative estimate of drug-likeness (QED) is 0.407. The molecule has 0 aliphatic carbocycles. The topological polar surface area (TPSA) is 126 Å². The molecule has 0 atom stereocenters. The van der Waals surface area contributed by atoms with Crippen LogP contribution in [0.25, 0.3) is 5.69 Å². The van der Waals surface area contributed by atoms with Crippen molar-refractivity contribution in [1.29, 1.82) is 0 Å². The number of ether oxygens (including phenoxy) is 3. The number of esters is 2. The highest BCUT2D eigenvalue weighted by Gasteiger charge is 2.21. The standard InChI is InChI=1S/C24H22BrN3O7/c1-3-33-23(31)15-8-10-17(11-9-15)26-20(29)14-35-19-13-21(30)28(18-7-5-6-16(25)12-18)27-22(19)24(32)34-4-2/h5-13H,3-4,14H2,1-2H3,(H,26,29). The molecular formula is C24H22BrN3O7. The second kappa shape index (κ2) is 11.9. The first-order valence-corrected chi connectivity index (χ1v) is 11.4. The zero-order valence-electron chi connectivity index (χ0n) is 18.9. The van der Waals surface area contributed by atoms with Crippen LogP contribution in [0.4, 0.5) is 5.69 Å². The van der Waals surface area contributed by atoms with Crippen LogP contribution in [0.15, 0.2) is 63.9 Å². The Hall–Kier alpha value is -3.99. The first-order valence-electron chi connectivity index (χ1n) is 10.6. The van der Waals surface area contributed by atoms with Gasteiger partial charge in [0.25, 0.3) is 11.5 Å². The van der Waals surface area contributed by atoms with Crippen molar-refractivity contribution >= 4 is 39.5 Å². The van der Waals surface area contributed by atoms with Crippen LogP contribution in [0.1, 0.15) is 34.7 Å². The summed E-state index contributed by atoms with van der Waals surface area (Å²) in [5.74, 6) is -2.01. The molecule has 0 bridgehead atoms. The van der Waals surface area contributed by atoms with Gasteiger partial charge in [-0.25, -0.2) is 9.59 Å². The van der Waals surface area contributed by atoms with Gasteiger partial charge in [-0.2, -0.15) is 9.78 Å². The SMILES string of the molecule is CCOC(=O)c1ccc(NC(=O)COc2cc(=O)n(-c3cccc(Br)c3)nc2C(=O)OCC)cc1. The van der Waals surface area contributed by atoms with E-state index < -0.39 is 30.0 Å². The monoisotopic (exact) mass is 543 g/mol. The van der Waals surface area contributed by atoms with E-state index >= 15 is 0 Å². The lowest BCUT2D eigenvalue weighted by Gasteiger charge is -2.13. The summed E-state index contributed by atoms with van der Waals surface area (Å²) in [5, 5.41) is 6.71. The van der Waals surface area contributed by atoms with Crippen LogP contribution >= 0.6 is 15.9 Å². The van der Waals surface area contributed by atoms with Gasteiger partial charge in [0, 0.05) is 10.2 Å². The van der Waals surface area contributed by atoms with Gasteiger partial charge in [0.2, 0.25) is 5.69 Å². The van der Waals surface area contributed by atoms with Crippen LogP contribution in [0.5, 0.6) is 5.75 Å². The lowest BCUT2D eigenvalue weighted by Crippen LogP contribution is -2.27. The minimum Gasteiger partial charge on any atom is -0.481 e. The summed E-state index contributed by atoms with van der Waals surface area (Å²) in [6.45, 7) is 3.17. The third kappa shape index (κ3) is 6.76. The predicted molar refractivity (Wildman–Crippen MR) is 130 cm³/mol. The number of anilines is 1. The van der Waals surface area contributed by atoms with Crippen LogP contribution in [-0.4, -0.2) is 47.4 Å². The maximum Gasteiger partial charge on any atom is 0.362 e. The van der Waals surface area contributed by atoms with Gasteiger partial charge in [0.1, 0.15) is 0 Å². The predicted octanol–water partition coefficient (Wildman–Crippen LogP) is 3.37. The van der Waals surface area contributed by atoms with E-state index in [-0.39, 0.29) is 24.7 Å². The number of hydrogen-bond acceptors (Lipinski definition) is 8. The maximum absolute atomic E-state index is 12.7. The number of halogens is 1. The molecule has 0 fully saturated rings. The highest BCUT2D eigenvalue weighted by Crippen LogP contribution is 2.18. The minimum absolute atomic E-state index is 0.0816. The summed E-state index contributed by atoms with van der Waals surface area (Å²) in [4.78, 5) is 49.2. The molecule has 0 radical (unpaired) electrons. The number of nitrogens with one attached hydrogen (secondary N) is 1. The second-order valence-electron chi connectivity index (χ2n) is 6.94. The van der Waals surface area contributed by atoms with E-state index in [9.17, 15) is 19.2 Å². The summed E-state index contributed by atoms with van der Waals surface area (Å²) >= 11 is 3.33. The van der Waals surface area contributed by atoms with Crippen LogP contribution in [-0.2, 0) is 14.3 Å². The fourth-order valence-electron chi connectivity index (χ4n) is 2.93. The molecule has 3 aromatic rings. The molecule has 0 aliphatic heterocycles. The molecule has 1 amide bonds. The van der Waals surface area contributed by atoms with Gasteiger partial charge in [0.05, 0.1) is 30.5 Å². The highest BCUT2D eigenvalue weighted by molar-refractivity contribution is 9.10. The Kier molecular flexibility index (Phi) is 8.74. The van der Waals surface area contributed by atoms with Gasteiger partial charge in [-0.1, -0.05) is 22.0 Å². The molecule has 0 unspecified atom stereocenters. The van der Waals surface area contributed by atoms with Crippen molar-refractivity contribution < 1.29 is 28.6 Å². The molecular weight excluding hydrogens is 522 g/mol. The molecule has 0 saturated heterocycles. The van der Waals surface area contributed by atoms with Gasteiger partial charge < -0.3 is 19.5 Å². The zero-order chi connectivity index (χ0) is 25.4. The first-order chi connectivity index (χ1) is 16.8. The lowest BCUT2D eigenvalue weighted by molar-refractivity contribution is -0.118. The number of benzene rings is 2. The molecule has 0 spiro atoms. The summed E-state index contributed by atoms with van der Waals surface area (Å²) < 4.78 is 17.2. The van der Waals surface area contributed by atoms with Crippen molar-refractivity contribution in [1.82, 2.24) is 9.78 Å². The highest BCUT2D eigenvalue weighted by atomic mass is 79.9. The molecule has 182 valence electrons. The first kappa shape index (κ1) is 25.6. The molecule has 0 aliphatic rings. The summed E-state index contributed by atoms with van der Waals surface area (Å²) in [5.41, 5.74) is 0.363. The van der Waals surface area contributed by atoms with Crippen LogP contribution in [0.3, 0.4) is 0 Å². The number of nitrogens with zero attached hydrogens (tertiary/aromatic N) is 2. The van der Waals surface area contributed by atoms with Crippen molar-refractivity contribution in [3.63, 3.8) is 0 Å². The third-order valence-electron chi connectivity index (χ3n) is 4.46. The van der Waals surface area contributed by atoms with E-state index in [0.29, 0.717) is 21.4 Å². The van der Waals surface area contributed by atoms with Crippen molar-refractivity contribution in [2.45, 2.75) is 13.8 Å². The number of carbonyl (C=O) groups excluding carboxylic acids is 3. The molecule has 2 aromatic carbocycles. The Morgan fingerprint density at radius 2 is 1.66 bits per heavy atom. The Labute approximate surface area is 208 Å². The Bertz CT molecular complexity index is 1290. The normalized spacial score (nSPS) is 10.4. The summed E-state index contributed by atoms with van der Waals surface area (Å²) in [7, 11) is 0. The number of hydrogen-bond donors (Lipinski definition) is 1. The fourth-order valence-corrected chi connectivity index (χ4v) is 3.32. The van der Waals surface area contributed by atoms with Gasteiger partial charge in [-0.15, -0.1) is 0 Å². The Morgan fingerprint density at radius 1 is 0.971 bits per heavy atom. The van der Waals surface area contributed by atoms with Crippen molar-refractivity contribution in [3.05, 3.63) is 80.7 Å². The second-order valence-corrected chi connectivity index (χ2v) is 7.86. The van der Waals surface area contributed by atoms with Gasteiger partial charge in [-0.3, -0.25) is 9.59 Å². The smallest absolute Gasteiger partial charge is 0.362 e. The number of aromatic nitrogens is 2. The number of rotatable bonds is 9. The Morgan fingerprint density at radius 3 is 2.31 bits per heavy atom. The van der Waals surface area contributed by atoms with E-state index in [1.165, 1.54) is 24.3 Å². The molecule has 1 N–H and O–H groups in total. The van der Waals surface area contributed by atoms with Crippen LogP contribution in [0, 0.1) is 0 Å². The molecule has 35 heavy (non-hydrogen) atoms. The molecule has 10 nitrogen and oxygen atoms in total. The molecule has 3 rings (SSSR count). The average Bonchev–Trinajstić information content (AvgIpc) is 2.83. The molecule has 11 heteroatoms. The van der Waals surface area contributed by atoms with E-state index in [1.807, 2.05) is 0 Å².